The number of carbonyl (C=O) groups excluding carboxylic acids is 3. The summed E-state index contributed by atoms with van der Waals surface area (Å²) < 4.78 is 10.9. The second kappa shape index (κ2) is 11.2. The van der Waals surface area contributed by atoms with Crippen molar-refractivity contribution in [3.8, 4) is 5.75 Å². The zero-order valence-electron chi connectivity index (χ0n) is 23.3. The Hall–Kier alpha value is -3.39. The molecule has 1 aliphatic heterocycles. The molecule has 0 aromatic heterocycles. The second-order valence-electron chi connectivity index (χ2n) is 12.1. The van der Waals surface area contributed by atoms with Crippen LogP contribution < -0.4 is 10.1 Å². The molecular formula is C32H39N3O5. The fourth-order valence-electron chi connectivity index (χ4n) is 7.80. The van der Waals surface area contributed by atoms with Crippen LogP contribution in [-0.4, -0.2) is 67.4 Å². The van der Waals surface area contributed by atoms with E-state index in [1.165, 1.54) is 26.4 Å². The number of rotatable bonds is 9. The van der Waals surface area contributed by atoms with E-state index in [2.05, 4.69) is 16.3 Å². The molecule has 2 atom stereocenters. The van der Waals surface area contributed by atoms with Gasteiger partial charge < -0.3 is 19.7 Å². The van der Waals surface area contributed by atoms with Crippen LogP contribution in [0.3, 0.4) is 0 Å². The number of ether oxygens (including phenoxy) is 2. The molecule has 212 valence electrons. The van der Waals surface area contributed by atoms with Crippen LogP contribution in [0.2, 0.25) is 0 Å². The molecule has 4 bridgehead atoms. The maximum Gasteiger partial charge on any atom is 0.337 e. The van der Waals surface area contributed by atoms with Crippen molar-refractivity contribution < 1.29 is 23.9 Å². The molecule has 8 nitrogen and oxygen atoms in total. The third-order valence-corrected chi connectivity index (χ3v) is 9.70. The lowest BCUT2D eigenvalue weighted by molar-refractivity contribution is -0.138. The van der Waals surface area contributed by atoms with E-state index in [4.69, 9.17) is 9.47 Å². The molecule has 5 fully saturated rings. The lowest BCUT2D eigenvalue weighted by atomic mass is 9.75. The van der Waals surface area contributed by atoms with Gasteiger partial charge in [0.25, 0.3) is 0 Å². The van der Waals surface area contributed by atoms with Crippen molar-refractivity contribution in [1.29, 1.82) is 0 Å². The van der Waals surface area contributed by atoms with Crippen molar-refractivity contribution in [2.75, 3.05) is 39.8 Å². The lowest BCUT2D eigenvalue weighted by Crippen LogP contribution is -2.52. The molecule has 1 heterocycles. The molecule has 8 heteroatoms. The SMILES string of the molecule is COC(=O)c1ccc(COc2ccccc2CN2CCN(C(=O)CNC(=O)C34CC5CC(CC3C5)C4)CC2)cc1. The predicted molar refractivity (Wildman–Crippen MR) is 149 cm³/mol. The molecule has 40 heavy (non-hydrogen) atoms. The van der Waals surface area contributed by atoms with Crippen LogP contribution in [0.5, 0.6) is 5.75 Å². The van der Waals surface area contributed by atoms with Crippen LogP contribution in [0.4, 0.5) is 0 Å². The van der Waals surface area contributed by atoms with Crippen molar-refractivity contribution in [3.05, 3.63) is 65.2 Å². The summed E-state index contributed by atoms with van der Waals surface area (Å²) in [5.41, 5.74) is 2.39. The van der Waals surface area contributed by atoms with Gasteiger partial charge in [0.15, 0.2) is 0 Å². The number of nitrogens with one attached hydrogen (secondary N) is 1. The molecule has 1 saturated heterocycles. The van der Waals surface area contributed by atoms with Crippen molar-refractivity contribution in [3.63, 3.8) is 0 Å². The minimum absolute atomic E-state index is 0.0176. The summed E-state index contributed by atoms with van der Waals surface area (Å²) in [6.07, 6.45) is 5.77. The summed E-state index contributed by atoms with van der Waals surface area (Å²) in [5, 5.41) is 3.04. The van der Waals surface area contributed by atoms with Gasteiger partial charge in [-0.15, -0.1) is 0 Å². The molecular weight excluding hydrogens is 506 g/mol. The summed E-state index contributed by atoms with van der Waals surface area (Å²) in [6, 6.07) is 15.2. The lowest BCUT2D eigenvalue weighted by Gasteiger charge is -2.35. The maximum absolute atomic E-state index is 13.2. The number of amides is 2. The zero-order valence-corrected chi connectivity index (χ0v) is 23.3. The average Bonchev–Trinajstić information content (AvgIpc) is 3.39. The highest BCUT2D eigenvalue weighted by atomic mass is 16.5. The minimum atomic E-state index is -0.355. The van der Waals surface area contributed by atoms with Gasteiger partial charge >= 0.3 is 5.97 Å². The van der Waals surface area contributed by atoms with Crippen LogP contribution in [0, 0.1) is 23.2 Å². The van der Waals surface area contributed by atoms with Gasteiger partial charge in [0.05, 0.1) is 24.6 Å². The second-order valence-corrected chi connectivity index (χ2v) is 12.1. The highest BCUT2D eigenvalue weighted by Crippen LogP contribution is 2.65. The quantitative estimate of drug-likeness (QED) is 0.484. The van der Waals surface area contributed by atoms with Gasteiger partial charge in [-0.25, -0.2) is 4.79 Å². The number of hydrogen-bond acceptors (Lipinski definition) is 6. The van der Waals surface area contributed by atoms with Gasteiger partial charge in [0.1, 0.15) is 12.4 Å². The summed E-state index contributed by atoms with van der Waals surface area (Å²) in [7, 11) is 1.37. The van der Waals surface area contributed by atoms with Gasteiger partial charge in [0, 0.05) is 38.3 Å². The first-order chi connectivity index (χ1) is 19.4. The third kappa shape index (κ3) is 5.33. The summed E-state index contributed by atoms with van der Waals surface area (Å²) in [5.74, 6) is 2.61. The fraction of sp³-hybridized carbons (Fsp3) is 0.531. The first-order valence-corrected chi connectivity index (χ1v) is 14.6. The zero-order chi connectivity index (χ0) is 27.7. The number of methoxy groups -OCH3 is 1. The Morgan fingerprint density at radius 3 is 2.33 bits per heavy atom. The van der Waals surface area contributed by atoms with Gasteiger partial charge in [0.2, 0.25) is 11.8 Å². The monoisotopic (exact) mass is 545 g/mol. The van der Waals surface area contributed by atoms with Crippen LogP contribution >= 0.6 is 0 Å². The molecule has 0 spiro atoms. The predicted octanol–water partition coefficient (Wildman–Crippen LogP) is 3.64. The van der Waals surface area contributed by atoms with Crippen molar-refractivity contribution >= 4 is 17.8 Å². The van der Waals surface area contributed by atoms with Crippen molar-refractivity contribution in [1.82, 2.24) is 15.1 Å². The van der Waals surface area contributed by atoms with E-state index >= 15 is 0 Å². The highest BCUT2D eigenvalue weighted by Gasteiger charge is 2.61. The number of benzene rings is 2. The molecule has 4 aliphatic carbocycles. The number of para-hydroxylation sites is 1. The first-order valence-electron chi connectivity index (χ1n) is 14.6. The van der Waals surface area contributed by atoms with E-state index in [-0.39, 0.29) is 29.7 Å². The Morgan fingerprint density at radius 2 is 1.62 bits per heavy atom. The molecule has 0 radical (unpaired) electrons. The molecule has 2 aromatic carbocycles. The number of carbonyl (C=O) groups is 3. The van der Waals surface area contributed by atoms with Crippen LogP contribution in [-0.2, 0) is 27.5 Å². The molecule has 5 aliphatic rings. The smallest absolute Gasteiger partial charge is 0.337 e. The van der Waals surface area contributed by atoms with Crippen LogP contribution in [0.15, 0.2) is 48.5 Å². The van der Waals surface area contributed by atoms with E-state index in [9.17, 15) is 14.4 Å². The maximum atomic E-state index is 13.2. The van der Waals surface area contributed by atoms with Gasteiger partial charge in [-0.1, -0.05) is 30.3 Å². The Balaban J connectivity index is 0.963. The van der Waals surface area contributed by atoms with Gasteiger partial charge in [-0.2, -0.15) is 0 Å². The number of piperazine rings is 1. The van der Waals surface area contributed by atoms with Crippen molar-refractivity contribution in [2.24, 2.45) is 23.2 Å². The molecule has 2 amide bonds. The Labute approximate surface area is 236 Å². The first kappa shape index (κ1) is 26.8. The fourth-order valence-corrected chi connectivity index (χ4v) is 7.80. The van der Waals surface area contributed by atoms with E-state index in [1.54, 1.807) is 12.1 Å². The molecule has 1 N–H and O–H groups in total. The summed E-state index contributed by atoms with van der Waals surface area (Å²) in [4.78, 5) is 42.0. The minimum Gasteiger partial charge on any atom is -0.489 e. The molecule has 7 rings (SSSR count). The van der Waals surface area contributed by atoms with E-state index in [0.717, 1.165) is 61.2 Å². The van der Waals surface area contributed by atoms with E-state index in [1.807, 2.05) is 35.2 Å². The van der Waals surface area contributed by atoms with Crippen LogP contribution in [0.1, 0.15) is 53.6 Å². The van der Waals surface area contributed by atoms with E-state index < -0.39 is 0 Å². The molecule has 4 saturated carbocycles. The molecule has 2 unspecified atom stereocenters. The van der Waals surface area contributed by atoms with Crippen molar-refractivity contribution in [2.45, 2.75) is 45.3 Å². The Bertz CT molecular complexity index is 1240. The van der Waals surface area contributed by atoms with Gasteiger partial charge in [-0.3, -0.25) is 14.5 Å². The van der Waals surface area contributed by atoms with Gasteiger partial charge in [-0.05, 0) is 73.6 Å². The average molecular weight is 546 g/mol. The Morgan fingerprint density at radius 1 is 0.925 bits per heavy atom. The summed E-state index contributed by atoms with van der Waals surface area (Å²) >= 11 is 0. The summed E-state index contributed by atoms with van der Waals surface area (Å²) in [6.45, 7) is 4.11. The number of esters is 1. The number of hydrogen-bond donors (Lipinski definition) is 1. The number of nitrogens with zero attached hydrogens (tertiary/aromatic N) is 2. The highest BCUT2D eigenvalue weighted by molar-refractivity contribution is 5.89. The third-order valence-electron chi connectivity index (χ3n) is 9.70. The molecule has 2 aromatic rings. The largest absolute Gasteiger partial charge is 0.489 e. The normalized spacial score (nSPS) is 27.0. The standard InChI is InChI=1S/C32H39N3O5/c1-39-30(37)25-8-6-22(7-9-25)21-40-28-5-3-2-4-26(28)20-34-10-12-35(13-11-34)29(36)19-33-31(38)32-17-23-14-24(18-32)16-27(32)15-23/h2-9,23-24,27H,10-21H2,1H3,(H,33,38). The Kier molecular flexibility index (Phi) is 7.53. The topological polar surface area (TPSA) is 88.2 Å². The van der Waals surface area contributed by atoms with E-state index in [0.29, 0.717) is 31.2 Å². The van der Waals surface area contributed by atoms with Crippen LogP contribution in [0.25, 0.3) is 0 Å².